The molecule has 0 unspecified atom stereocenters. The van der Waals surface area contributed by atoms with Gasteiger partial charge in [0.2, 0.25) is 5.91 Å². The molecule has 0 bridgehead atoms. The topological polar surface area (TPSA) is 107 Å². The van der Waals surface area contributed by atoms with E-state index < -0.39 is 18.6 Å². The van der Waals surface area contributed by atoms with Crippen molar-refractivity contribution in [1.29, 1.82) is 0 Å². The molecule has 0 radical (unpaired) electrons. The maximum atomic E-state index is 13.2. The van der Waals surface area contributed by atoms with Gasteiger partial charge in [-0.25, -0.2) is 9.50 Å². The number of fused-ring (bicyclic) bond motifs is 1. The maximum absolute atomic E-state index is 13.2. The maximum Gasteiger partial charge on any atom is 0.387 e. The van der Waals surface area contributed by atoms with Crippen molar-refractivity contribution in [3.05, 3.63) is 59.6 Å². The Hall–Kier alpha value is -4.06. The number of anilines is 1. The lowest BCUT2D eigenvalue weighted by Crippen LogP contribution is -2.24. The molecular formula is C22H18ClF2N7O3. The third-order valence-corrected chi connectivity index (χ3v) is 5.87. The predicted molar refractivity (Wildman–Crippen MR) is 122 cm³/mol. The molecular weight excluding hydrogens is 484 g/mol. The number of likely N-dealkylation sites (tertiary alicyclic amines) is 1. The first-order valence-corrected chi connectivity index (χ1v) is 10.9. The first-order chi connectivity index (χ1) is 16.8. The van der Waals surface area contributed by atoms with Crippen molar-refractivity contribution in [2.75, 3.05) is 18.9 Å². The fourth-order valence-corrected chi connectivity index (χ4v) is 4.13. The van der Waals surface area contributed by atoms with Crippen molar-refractivity contribution in [3.63, 3.8) is 0 Å². The Labute approximate surface area is 202 Å². The third kappa shape index (κ3) is 4.28. The number of aromatic nitrogens is 5. The summed E-state index contributed by atoms with van der Waals surface area (Å²) in [5.41, 5.74) is 0.938. The minimum Gasteiger partial charge on any atom is -0.434 e. The third-order valence-electron chi connectivity index (χ3n) is 5.64. The van der Waals surface area contributed by atoms with E-state index in [9.17, 15) is 18.4 Å². The number of nitrogens with zero attached hydrogens (tertiary/aromatic N) is 6. The largest absolute Gasteiger partial charge is 0.434 e. The molecule has 10 nitrogen and oxygen atoms in total. The van der Waals surface area contributed by atoms with Crippen LogP contribution in [0.3, 0.4) is 0 Å². The zero-order valence-electron chi connectivity index (χ0n) is 18.2. The summed E-state index contributed by atoms with van der Waals surface area (Å²) in [6.07, 6.45) is 6.52. The van der Waals surface area contributed by atoms with Gasteiger partial charge in [0.15, 0.2) is 5.65 Å². The fraction of sp³-hybridized carbons (Fsp3) is 0.227. The van der Waals surface area contributed by atoms with Gasteiger partial charge in [0.05, 0.1) is 18.1 Å². The minimum atomic E-state index is -3.09. The quantitative estimate of drug-likeness (QED) is 0.433. The van der Waals surface area contributed by atoms with E-state index in [1.807, 2.05) is 0 Å². The van der Waals surface area contributed by atoms with E-state index in [2.05, 4.69) is 25.2 Å². The molecule has 1 aliphatic rings. The van der Waals surface area contributed by atoms with E-state index in [1.54, 1.807) is 24.2 Å². The molecule has 13 heteroatoms. The van der Waals surface area contributed by atoms with Gasteiger partial charge in [0.1, 0.15) is 23.0 Å². The molecule has 180 valence electrons. The number of rotatable bonds is 6. The highest BCUT2D eigenvalue weighted by Gasteiger charge is 2.33. The van der Waals surface area contributed by atoms with Crippen LogP contribution in [0.25, 0.3) is 16.9 Å². The van der Waals surface area contributed by atoms with E-state index in [0.717, 1.165) is 0 Å². The summed E-state index contributed by atoms with van der Waals surface area (Å²) in [7, 11) is 1.68. The fourth-order valence-electron chi connectivity index (χ4n) is 3.95. The number of hydrogen-bond acceptors (Lipinski definition) is 6. The van der Waals surface area contributed by atoms with Gasteiger partial charge in [-0.2, -0.15) is 19.0 Å². The molecule has 1 aliphatic heterocycles. The van der Waals surface area contributed by atoms with Crippen LogP contribution in [-0.4, -0.2) is 61.3 Å². The lowest BCUT2D eigenvalue weighted by molar-refractivity contribution is -0.129. The number of benzene rings is 1. The molecule has 3 aromatic heterocycles. The van der Waals surface area contributed by atoms with Crippen LogP contribution in [0.5, 0.6) is 5.75 Å². The number of amides is 2. The Kier molecular flexibility index (Phi) is 5.81. The highest BCUT2D eigenvalue weighted by atomic mass is 35.5. The zero-order chi connectivity index (χ0) is 24.7. The molecule has 1 fully saturated rings. The van der Waals surface area contributed by atoms with Crippen molar-refractivity contribution in [1.82, 2.24) is 29.3 Å². The van der Waals surface area contributed by atoms with E-state index in [1.165, 1.54) is 46.0 Å². The number of halogens is 3. The van der Waals surface area contributed by atoms with Crippen LogP contribution in [0.4, 0.5) is 14.5 Å². The summed E-state index contributed by atoms with van der Waals surface area (Å²) >= 11 is 6.14. The molecule has 5 rings (SSSR count). The van der Waals surface area contributed by atoms with Crippen molar-refractivity contribution in [3.8, 4) is 17.0 Å². The van der Waals surface area contributed by atoms with Gasteiger partial charge < -0.3 is 15.0 Å². The number of hydrogen-bond donors (Lipinski definition) is 1. The Bertz CT molecular complexity index is 1440. The van der Waals surface area contributed by atoms with E-state index >= 15 is 0 Å². The van der Waals surface area contributed by atoms with Crippen molar-refractivity contribution >= 4 is 34.7 Å². The van der Waals surface area contributed by atoms with Gasteiger partial charge in [-0.05, 0) is 30.7 Å². The van der Waals surface area contributed by atoms with E-state index in [4.69, 9.17) is 11.6 Å². The molecule has 1 aromatic carbocycles. The molecule has 4 aromatic rings. The molecule has 35 heavy (non-hydrogen) atoms. The molecule has 0 spiro atoms. The van der Waals surface area contributed by atoms with Gasteiger partial charge >= 0.3 is 6.61 Å². The van der Waals surface area contributed by atoms with Crippen molar-refractivity contribution in [2.45, 2.75) is 19.1 Å². The number of nitrogens with one attached hydrogen (secondary N) is 1. The van der Waals surface area contributed by atoms with Crippen molar-refractivity contribution < 1.29 is 23.1 Å². The summed E-state index contributed by atoms with van der Waals surface area (Å²) in [6, 6.07) is 5.15. The number of carbonyl (C=O) groups is 2. The van der Waals surface area contributed by atoms with Gasteiger partial charge in [-0.1, -0.05) is 11.6 Å². The van der Waals surface area contributed by atoms with Crippen molar-refractivity contribution in [2.24, 2.45) is 0 Å². The monoisotopic (exact) mass is 501 g/mol. The summed E-state index contributed by atoms with van der Waals surface area (Å²) in [6.45, 7) is -2.56. The van der Waals surface area contributed by atoms with Crippen LogP contribution >= 0.6 is 11.6 Å². The second-order valence-electron chi connectivity index (χ2n) is 7.85. The Morgan fingerprint density at radius 1 is 1.34 bits per heavy atom. The standard InChI is InChI=1S/C22H18ClF2N7O3/c1-30-8-5-16(21(30)34)32-11-15(28-20(33)14-10-27-31-7-2-6-26-19(14)31)18(29-32)13-9-12(23)3-4-17(13)35-22(24)25/h2-4,6-7,9-11,16,22H,5,8H2,1H3,(H,28,33)/t16-/m0/s1. The average molecular weight is 502 g/mol. The second-order valence-corrected chi connectivity index (χ2v) is 8.29. The van der Waals surface area contributed by atoms with Gasteiger partial charge in [-0.3, -0.25) is 14.3 Å². The lowest BCUT2D eigenvalue weighted by atomic mass is 10.1. The normalized spacial score (nSPS) is 15.9. The molecule has 1 atom stereocenters. The van der Waals surface area contributed by atoms with Gasteiger partial charge in [0, 0.05) is 36.6 Å². The average Bonchev–Trinajstić information content (AvgIpc) is 3.52. The summed E-state index contributed by atoms with van der Waals surface area (Å²) < 4.78 is 33.7. The number of likely N-dealkylation sites (N-methyl/N-ethyl adjacent to an activating group) is 1. The SMILES string of the molecule is CN1CC[C@H](n2cc(NC(=O)c3cnn4cccnc34)c(-c3cc(Cl)ccc3OC(F)F)n2)C1=O. The van der Waals surface area contributed by atoms with E-state index in [0.29, 0.717) is 18.6 Å². The van der Waals surface area contributed by atoms with Crippen LogP contribution in [0.1, 0.15) is 22.8 Å². The van der Waals surface area contributed by atoms with Gasteiger partial charge in [-0.15, -0.1) is 0 Å². The summed E-state index contributed by atoms with van der Waals surface area (Å²) in [5.74, 6) is -0.885. The predicted octanol–water partition coefficient (Wildman–Crippen LogP) is 3.50. The first kappa shape index (κ1) is 22.7. The number of alkyl halides is 2. The van der Waals surface area contributed by atoms with E-state index in [-0.39, 0.29) is 39.2 Å². The first-order valence-electron chi connectivity index (χ1n) is 10.5. The second kappa shape index (κ2) is 8.95. The highest BCUT2D eigenvalue weighted by Crippen LogP contribution is 2.38. The zero-order valence-corrected chi connectivity index (χ0v) is 19.0. The Balaban J connectivity index is 1.59. The van der Waals surface area contributed by atoms with Crippen LogP contribution in [-0.2, 0) is 4.79 Å². The van der Waals surface area contributed by atoms with Crippen LogP contribution in [0.2, 0.25) is 5.02 Å². The minimum absolute atomic E-state index is 0.114. The summed E-state index contributed by atoms with van der Waals surface area (Å²) in [5, 5.41) is 11.6. The molecule has 1 N–H and O–H groups in total. The Morgan fingerprint density at radius 3 is 2.91 bits per heavy atom. The molecule has 1 saturated heterocycles. The van der Waals surface area contributed by atoms with Gasteiger partial charge in [0.25, 0.3) is 5.91 Å². The number of ether oxygens (including phenoxy) is 1. The smallest absolute Gasteiger partial charge is 0.387 e. The van der Waals surface area contributed by atoms with Crippen LogP contribution in [0, 0.1) is 0 Å². The lowest BCUT2D eigenvalue weighted by Gasteiger charge is -2.12. The molecule has 2 amide bonds. The Morgan fingerprint density at radius 2 is 2.17 bits per heavy atom. The number of carbonyl (C=O) groups excluding carboxylic acids is 2. The van der Waals surface area contributed by atoms with Crippen LogP contribution in [0.15, 0.2) is 49.1 Å². The molecule has 4 heterocycles. The highest BCUT2D eigenvalue weighted by molar-refractivity contribution is 6.31. The summed E-state index contributed by atoms with van der Waals surface area (Å²) in [4.78, 5) is 31.5. The molecule has 0 aliphatic carbocycles. The molecule has 0 saturated carbocycles. The van der Waals surface area contributed by atoms with Crippen LogP contribution < -0.4 is 10.1 Å².